The molecular formula is C22H34N6O9. The second kappa shape index (κ2) is 15.2. The predicted octanol–water partition coefficient (Wildman–Crippen LogP) is -1.41. The zero-order valence-corrected chi connectivity index (χ0v) is 20.6. The van der Waals surface area contributed by atoms with Crippen LogP contribution >= 0.6 is 0 Å². The van der Waals surface area contributed by atoms with Gasteiger partial charge in [-0.05, 0) is 18.8 Å². The number of hydrogen-bond donors (Lipinski definition) is 8. The molecule has 9 N–H and O–H groups in total. The molecule has 0 aromatic carbocycles. The van der Waals surface area contributed by atoms with Crippen molar-refractivity contribution in [1.29, 1.82) is 0 Å². The molecule has 0 fully saturated rings. The number of carbonyl (C=O) groups is 6. The summed E-state index contributed by atoms with van der Waals surface area (Å²) < 4.78 is 0. The lowest BCUT2D eigenvalue weighted by atomic mass is 9.98. The highest BCUT2D eigenvalue weighted by atomic mass is 16.4. The van der Waals surface area contributed by atoms with Crippen LogP contribution in [-0.2, 0) is 35.2 Å². The van der Waals surface area contributed by atoms with E-state index in [1.165, 1.54) is 12.5 Å². The van der Waals surface area contributed by atoms with Crippen molar-refractivity contribution >= 4 is 35.6 Å². The average molecular weight is 527 g/mol. The monoisotopic (exact) mass is 526 g/mol. The molecule has 0 aliphatic heterocycles. The number of imidazole rings is 1. The van der Waals surface area contributed by atoms with Gasteiger partial charge in [-0.25, -0.2) is 9.78 Å². The highest BCUT2D eigenvalue weighted by Gasteiger charge is 2.32. The zero-order valence-electron chi connectivity index (χ0n) is 20.6. The van der Waals surface area contributed by atoms with Crippen LogP contribution in [-0.4, -0.2) is 85.1 Å². The summed E-state index contributed by atoms with van der Waals surface area (Å²) in [6.07, 6.45) is 1.64. The number of nitrogens with two attached hydrogens (primary N) is 1. The maximum Gasteiger partial charge on any atom is 0.326 e. The topological polar surface area (TPSA) is 254 Å². The number of nitrogens with one attached hydrogen (secondary N) is 4. The van der Waals surface area contributed by atoms with Crippen LogP contribution in [0.15, 0.2) is 12.5 Å². The molecule has 5 unspecified atom stereocenters. The highest BCUT2D eigenvalue weighted by Crippen LogP contribution is 2.10. The second-order valence-corrected chi connectivity index (χ2v) is 8.58. The first-order chi connectivity index (χ1) is 17.3. The minimum Gasteiger partial charge on any atom is -0.481 e. The molecule has 5 atom stereocenters. The van der Waals surface area contributed by atoms with Gasteiger partial charge in [-0.2, -0.15) is 0 Å². The lowest BCUT2D eigenvalue weighted by Crippen LogP contribution is -2.58. The molecule has 1 heterocycles. The van der Waals surface area contributed by atoms with Gasteiger partial charge < -0.3 is 42.0 Å². The predicted molar refractivity (Wildman–Crippen MR) is 127 cm³/mol. The van der Waals surface area contributed by atoms with Crippen molar-refractivity contribution in [3.05, 3.63) is 18.2 Å². The van der Waals surface area contributed by atoms with Gasteiger partial charge in [-0.3, -0.25) is 24.0 Å². The third-order valence-corrected chi connectivity index (χ3v) is 5.67. The number of carboxylic acid groups (broad SMARTS) is 3. The Bertz CT molecular complexity index is 952. The number of carbonyl (C=O) groups excluding carboxylic acids is 3. The largest absolute Gasteiger partial charge is 0.481 e. The number of aliphatic carboxylic acids is 3. The highest BCUT2D eigenvalue weighted by molar-refractivity contribution is 5.94. The van der Waals surface area contributed by atoms with Gasteiger partial charge in [0.15, 0.2) is 0 Å². The van der Waals surface area contributed by atoms with Gasteiger partial charge in [0.2, 0.25) is 17.7 Å². The number of rotatable bonds is 17. The van der Waals surface area contributed by atoms with Crippen molar-refractivity contribution in [3.63, 3.8) is 0 Å². The third kappa shape index (κ3) is 11.1. The zero-order chi connectivity index (χ0) is 28.1. The molecule has 15 heteroatoms. The molecule has 0 aliphatic carbocycles. The summed E-state index contributed by atoms with van der Waals surface area (Å²) >= 11 is 0. The van der Waals surface area contributed by atoms with Crippen LogP contribution in [0.3, 0.4) is 0 Å². The van der Waals surface area contributed by atoms with Crippen molar-refractivity contribution in [3.8, 4) is 0 Å². The van der Waals surface area contributed by atoms with Gasteiger partial charge >= 0.3 is 17.9 Å². The Labute approximate surface area is 212 Å². The standard InChI is InChI=1S/C22H34N6O9/c1-3-11(2)18(22(36)37)28-21(35)15(8-12-9-24-10-25-12)27-20(34)14(5-7-17(31)32)26-19(33)13(23)4-6-16(29)30/h9-11,13-15,18H,3-8,23H2,1-2H3,(H,24,25)(H,26,33)(H,27,34)(H,28,35)(H,29,30)(H,31,32)(H,36,37). The summed E-state index contributed by atoms with van der Waals surface area (Å²) in [4.78, 5) is 78.6. The van der Waals surface area contributed by atoms with Crippen molar-refractivity contribution in [1.82, 2.24) is 25.9 Å². The van der Waals surface area contributed by atoms with Crippen LogP contribution in [0, 0.1) is 5.92 Å². The Balaban J connectivity index is 3.09. The van der Waals surface area contributed by atoms with Gasteiger partial charge in [0.05, 0.1) is 12.4 Å². The normalized spacial score (nSPS) is 14.9. The van der Waals surface area contributed by atoms with E-state index in [4.69, 9.17) is 15.9 Å². The van der Waals surface area contributed by atoms with Crippen molar-refractivity contribution in [2.75, 3.05) is 0 Å². The average Bonchev–Trinajstić information content (AvgIpc) is 3.34. The first-order valence-electron chi connectivity index (χ1n) is 11.7. The number of amides is 3. The first-order valence-corrected chi connectivity index (χ1v) is 11.7. The molecule has 0 spiro atoms. The summed E-state index contributed by atoms with van der Waals surface area (Å²) in [5.74, 6) is -6.67. The van der Waals surface area contributed by atoms with Gasteiger partial charge in [-0.1, -0.05) is 20.3 Å². The summed E-state index contributed by atoms with van der Waals surface area (Å²) in [5, 5.41) is 34.5. The molecule has 0 aliphatic rings. The van der Waals surface area contributed by atoms with E-state index in [1.807, 2.05) is 0 Å². The minimum atomic E-state index is -1.42. The maximum absolute atomic E-state index is 13.1. The Morgan fingerprint density at radius 1 is 0.919 bits per heavy atom. The van der Waals surface area contributed by atoms with E-state index in [1.54, 1.807) is 13.8 Å². The van der Waals surface area contributed by atoms with E-state index in [-0.39, 0.29) is 19.3 Å². The van der Waals surface area contributed by atoms with Crippen LogP contribution in [0.25, 0.3) is 0 Å². The number of aromatic amines is 1. The fourth-order valence-corrected chi connectivity index (χ4v) is 3.26. The molecule has 15 nitrogen and oxygen atoms in total. The second-order valence-electron chi connectivity index (χ2n) is 8.58. The van der Waals surface area contributed by atoms with E-state index in [0.29, 0.717) is 12.1 Å². The molecule has 0 saturated carbocycles. The van der Waals surface area contributed by atoms with Crippen LogP contribution in [0.4, 0.5) is 0 Å². The van der Waals surface area contributed by atoms with Crippen molar-refractivity contribution in [2.45, 2.75) is 76.5 Å². The summed E-state index contributed by atoms with van der Waals surface area (Å²) in [7, 11) is 0. The molecule has 0 bridgehead atoms. The minimum absolute atomic E-state index is 0.109. The summed E-state index contributed by atoms with van der Waals surface area (Å²) in [6, 6.07) is -5.22. The smallest absolute Gasteiger partial charge is 0.326 e. The lowest BCUT2D eigenvalue weighted by Gasteiger charge is -2.26. The number of hydrogen-bond acceptors (Lipinski definition) is 8. The summed E-state index contributed by atoms with van der Waals surface area (Å²) in [5.41, 5.74) is 6.12. The Kier molecular flexibility index (Phi) is 12.7. The van der Waals surface area contributed by atoms with E-state index >= 15 is 0 Å². The fourth-order valence-electron chi connectivity index (χ4n) is 3.26. The number of carboxylic acids is 3. The molecule has 1 rings (SSSR count). The molecule has 1 aromatic rings. The van der Waals surface area contributed by atoms with Crippen molar-refractivity contribution < 1.29 is 44.1 Å². The Hall–Kier alpha value is -4.01. The molecule has 1 aromatic heterocycles. The molecule has 3 amide bonds. The van der Waals surface area contributed by atoms with E-state index in [9.17, 15) is 33.9 Å². The summed E-state index contributed by atoms with van der Waals surface area (Å²) in [6.45, 7) is 3.40. The van der Waals surface area contributed by atoms with Crippen LogP contribution in [0.1, 0.15) is 51.6 Å². The lowest BCUT2D eigenvalue weighted by molar-refractivity contribution is -0.144. The van der Waals surface area contributed by atoms with E-state index in [0.717, 1.165) is 0 Å². The van der Waals surface area contributed by atoms with E-state index < -0.39 is 78.6 Å². The molecular weight excluding hydrogens is 492 g/mol. The first kappa shape index (κ1) is 31.0. The van der Waals surface area contributed by atoms with Crippen LogP contribution in [0.2, 0.25) is 0 Å². The SMILES string of the molecule is CCC(C)C(NC(=O)C(Cc1cnc[nH]1)NC(=O)C(CCC(=O)O)NC(=O)C(N)CCC(=O)O)C(=O)O. The number of nitrogens with zero attached hydrogens (tertiary/aromatic N) is 1. The molecule has 0 radical (unpaired) electrons. The van der Waals surface area contributed by atoms with Gasteiger partial charge in [0.25, 0.3) is 0 Å². The molecule has 206 valence electrons. The van der Waals surface area contributed by atoms with Crippen LogP contribution in [0.5, 0.6) is 0 Å². The number of aromatic nitrogens is 2. The fraction of sp³-hybridized carbons (Fsp3) is 0.591. The maximum atomic E-state index is 13.1. The Morgan fingerprint density at radius 3 is 2.00 bits per heavy atom. The van der Waals surface area contributed by atoms with E-state index in [2.05, 4.69) is 25.9 Å². The quantitative estimate of drug-likeness (QED) is 0.117. The van der Waals surface area contributed by atoms with Gasteiger partial charge in [0, 0.05) is 31.2 Å². The molecule has 37 heavy (non-hydrogen) atoms. The third-order valence-electron chi connectivity index (χ3n) is 5.67. The van der Waals surface area contributed by atoms with Gasteiger partial charge in [-0.15, -0.1) is 0 Å². The molecule has 0 saturated heterocycles. The number of H-pyrrole nitrogens is 1. The van der Waals surface area contributed by atoms with Gasteiger partial charge in [0.1, 0.15) is 18.1 Å². The van der Waals surface area contributed by atoms with Crippen molar-refractivity contribution in [2.24, 2.45) is 11.7 Å². The Morgan fingerprint density at radius 2 is 1.49 bits per heavy atom. The van der Waals surface area contributed by atoms with Crippen LogP contribution < -0.4 is 21.7 Å².